The first-order chi connectivity index (χ1) is 15.7. The predicted octanol–water partition coefficient (Wildman–Crippen LogP) is 5.70. The number of halogens is 5. The Morgan fingerprint density at radius 1 is 1.00 bits per heavy atom. The molecule has 7 nitrogen and oxygen atoms in total. The first-order valence-electron chi connectivity index (χ1n) is 9.33. The lowest BCUT2D eigenvalue weighted by Crippen LogP contribution is -2.15. The van der Waals surface area contributed by atoms with Gasteiger partial charge in [-0.15, -0.1) is 0 Å². The number of carbonyl (C=O) groups excluding carboxylic acids is 1. The monoisotopic (exact) mass is 494 g/mol. The molecular weight excluding hydrogens is 484 g/mol. The van der Waals surface area contributed by atoms with Gasteiger partial charge in [-0.2, -0.15) is 18.3 Å². The van der Waals surface area contributed by atoms with E-state index in [0.29, 0.717) is 27.3 Å². The van der Waals surface area contributed by atoms with Crippen LogP contribution in [0.1, 0.15) is 16.2 Å². The van der Waals surface area contributed by atoms with Crippen molar-refractivity contribution in [1.82, 2.24) is 14.6 Å². The maximum atomic E-state index is 13.8. The van der Waals surface area contributed by atoms with Gasteiger partial charge >= 0.3 is 6.18 Å². The second-order valence-corrected chi connectivity index (χ2v) is 7.79. The summed E-state index contributed by atoms with van der Waals surface area (Å²) in [6.07, 6.45) is -4.75. The number of hydrogen-bond donors (Lipinski definition) is 1. The van der Waals surface area contributed by atoms with Crippen molar-refractivity contribution in [2.75, 3.05) is 12.1 Å². The Labute approximate surface area is 193 Å². The maximum Gasteiger partial charge on any atom is 0.433 e. The van der Waals surface area contributed by atoms with Gasteiger partial charge in [0.05, 0.1) is 15.7 Å². The van der Waals surface area contributed by atoms with Crippen LogP contribution < -0.4 is 14.8 Å². The van der Waals surface area contributed by atoms with E-state index in [0.717, 1.165) is 6.07 Å². The highest BCUT2D eigenvalue weighted by molar-refractivity contribution is 6.42. The molecule has 0 radical (unpaired) electrons. The van der Waals surface area contributed by atoms with E-state index in [1.807, 2.05) is 0 Å². The highest BCUT2D eigenvalue weighted by atomic mass is 35.5. The van der Waals surface area contributed by atoms with Crippen LogP contribution in [0.3, 0.4) is 0 Å². The molecule has 3 heterocycles. The molecule has 0 fully saturated rings. The molecule has 1 aliphatic rings. The van der Waals surface area contributed by atoms with Crippen LogP contribution in [0.4, 0.5) is 18.9 Å². The van der Waals surface area contributed by atoms with Crippen molar-refractivity contribution in [3.63, 3.8) is 0 Å². The van der Waals surface area contributed by atoms with Gasteiger partial charge in [-0.3, -0.25) is 4.79 Å². The van der Waals surface area contributed by atoms with Crippen molar-refractivity contribution >= 4 is 40.4 Å². The smallest absolute Gasteiger partial charge is 0.433 e. The molecule has 2 aromatic heterocycles. The van der Waals surface area contributed by atoms with Crippen LogP contribution in [-0.2, 0) is 6.18 Å². The fraction of sp³-hybridized carbons (Fsp3) is 0.0952. The molecule has 1 aliphatic heterocycles. The Hall–Kier alpha value is -3.50. The average molecular weight is 495 g/mol. The zero-order chi connectivity index (χ0) is 23.3. The van der Waals surface area contributed by atoms with Crippen LogP contribution in [0.15, 0.2) is 48.5 Å². The summed E-state index contributed by atoms with van der Waals surface area (Å²) in [5.41, 5.74) is -0.788. The fourth-order valence-electron chi connectivity index (χ4n) is 3.26. The third kappa shape index (κ3) is 4.03. The van der Waals surface area contributed by atoms with Crippen LogP contribution in [0.5, 0.6) is 11.5 Å². The summed E-state index contributed by atoms with van der Waals surface area (Å²) >= 11 is 11.8. The first-order valence-corrected chi connectivity index (χ1v) is 10.1. The molecule has 0 unspecified atom stereocenters. The minimum Gasteiger partial charge on any atom is -0.454 e. The van der Waals surface area contributed by atoms with Crippen molar-refractivity contribution < 1.29 is 27.4 Å². The molecule has 0 saturated carbocycles. The number of rotatable bonds is 3. The van der Waals surface area contributed by atoms with Gasteiger partial charge in [-0.25, -0.2) is 9.50 Å². The van der Waals surface area contributed by atoms with Gasteiger partial charge in [0.25, 0.3) is 5.91 Å². The Balaban J connectivity index is 1.56. The number of fused-ring (bicyclic) bond motifs is 2. The minimum absolute atomic E-state index is 0.0268. The van der Waals surface area contributed by atoms with Gasteiger partial charge in [0.1, 0.15) is 0 Å². The van der Waals surface area contributed by atoms with Gasteiger partial charge in [0.15, 0.2) is 28.5 Å². The number of nitrogens with zero attached hydrogens (tertiary/aromatic N) is 3. The second-order valence-electron chi connectivity index (χ2n) is 6.98. The second kappa shape index (κ2) is 7.82. The number of hydrogen-bond acceptors (Lipinski definition) is 5. The lowest BCUT2D eigenvalue weighted by atomic mass is 10.1. The molecule has 1 N–H and O–H groups in total. The van der Waals surface area contributed by atoms with E-state index in [-0.39, 0.29) is 33.9 Å². The molecule has 0 atom stereocenters. The summed E-state index contributed by atoms with van der Waals surface area (Å²) in [6, 6.07) is 11.1. The first kappa shape index (κ1) is 21.4. The Bertz CT molecular complexity index is 1420. The molecule has 4 aromatic rings. The number of ether oxygens (including phenoxy) is 2. The van der Waals surface area contributed by atoms with Crippen LogP contribution in [0.25, 0.3) is 16.9 Å². The van der Waals surface area contributed by atoms with Crippen molar-refractivity contribution in [2.45, 2.75) is 6.18 Å². The Morgan fingerprint density at radius 3 is 2.55 bits per heavy atom. The largest absolute Gasteiger partial charge is 0.454 e. The topological polar surface area (TPSA) is 77.8 Å². The molecule has 1 amide bonds. The van der Waals surface area contributed by atoms with Crippen LogP contribution >= 0.6 is 23.2 Å². The number of amides is 1. The molecule has 2 aromatic carbocycles. The Kier molecular flexibility index (Phi) is 5.06. The van der Waals surface area contributed by atoms with Crippen molar-refractivity contribution in [1.29, 1.82) is 0 Å². The number of alkyl halides is 3. The zero-order valence-corrected chi connectivity index (χ0v) is 17.8. The number of carbonyl (C=O) groups is 1. The summed E-state index contributed by atoms with van der Waals surface area (Å²) in [5, 5.41) is 6.85. The van der Waals surface area contributed by atoms with E-state index >= 15 is 0 Å². The van der Waals surface area contributed by atoms with Gasteiger partial charge in [0.2, 0.25) is 6.79 Å². The normalized spacial score (nSPS) is 12.9. The van der Waals surface area contributed by atoms with Gasteiger partial charge in [0, 0.05) is 17.3 Å². The summed E-state index contributed by atoms with van der Waals surface area (Å²) in [4.78, 5) is 16.9. The van der Waals surface area contributed by atoms with Gasteiger partial charge < -0.3 is 14.8 Å². The number of nitrogens with one attached hydrogen (secondary N) is 1. The quantitative estimate of drug-likeness (QED) is 0.395. The molecule has 0 spiro atoms. The third-order valence-corrected chi connectivity index (χ3v) is 5.54. The summed E-state index contributed by atoms with van der Waals surface area (Å²) in [7, 11) is 0. The van der Waals surface area contributed by atoms with E-state index < -0.39 is 17.8 Å². The lowest BCUT2D eigenvalue weighted by Gasteiger charge is -2.11. The fourth-order valence-corrected chi connectivity index (χ4v) is 3.56. The van der Waals surface area contributed by atoms with E-state index in [4.69, 9.17) is 32.7 Å². The molecular formula is C21H11Cl2F3N4O3. The standard InChI is InChI=1S/C21H11Cl2F3N4O3/c22-12-3-2-11(6-13(12)23)27-20(31)15-8-19-28-14(7-18(21(24,25)26)30(19)29-15)10-1-4-16-17(5-10)33-9-32-16/h1-8H,9H2,(H,27,31). The molecule has 168 valence electrons. The van der Waals surface area contributed by atoms with E-state index in [1.165, 1.54) is 30.3 Å². The molecule has 0 bridgehead atoms. The van der Waals surface area contributed by atoms with Gasteiger partial charge in [-0.05, 0) is 42.5 Å². The lowest BCUT2D eigenvalue weighted by molar-refractivity contribution is -0.142. The maximum absolute atomic E-state index is 13.8. The molecule has 0 aliphatic carbocycles. The number of anilines is 1. The summed E-state index contributed by atoms with van der Waals surface area (Å²) < 4.78 is 52.5. The molecule has 0 saturated heterocycles. The Morgan fingerprint density at radius 2 is 1.79 bits per heavy atom. The minimum atomic E-state index is -4.75. The predicted molar refractivity (Wildman–Crippen MR) is 114 cm³/mol. The molecule has 33 heavy (non-hydrogen) atoms. The highest BCUT2D eigenvalue weighted by Crippen LogP contribution is 2.37. The number of aromatic nitrogens is 3. The zero-order valence-electron chi connectivity index (χ0n) is 16.3. The van der Waals surface area contributed by atoms with E-state index in [1.54, 1.807) is 12.1 Å². The van der Waals surface area contributed by atoms with Crippen molar-refractivity contribution in [2.24, 2.45) is 0 Å². The molecule has 12 heteroatoms. The van der Waals surface area contributed by atoms with Crippen LogP contribution in [-0.4, -0.2) is 27.3 Å². The highest BCUT2D eigenvalue weighted by Gasteiger charge is 2.36. The number of benzene rings is 2. The van der Waals surface area contributed by atoms with E-state index in [2.05, 4.69) is 15.4 Å². The molecule has 5 rings (SSSR count). The SMILES string of the molecule is O=C(Nc1ccc(Cl)c(Cl)c1)c1cc2nc(-c3ccc4c(c3)OCO4)cc(C(F)(F)F)n2n1. The summed E-state index contributed by atoms with van der Waals surface area (Å²) in [5.74, 6) is 0.149. The van der Waals surface area contributed by atoms with Crippen LogP contribution in [0.2, 0.25) is 10.0 Å². The van der Waals surface area contributed by atoms with E-state index in [9.17, 15) is 18.0 Å². The van der Waals surface area contributed by atoms with Crippen LogP contribution in [0, 0.1) is 0 Å². The van der Waals surface area contributed by atoms with Crippen molar-refractivity contribution in [3.8, 4) is 22.8 Å². The third-order valence-electron chi connectivity index (χ3n) is 4.80. The average Bonchev–Trinajstić information content (AvgIpc) is 3.41. The van der Waals surface area contributed by atoms with Gasteiger partial charge in [-0.1, -0.05) is 23.2 Å². The van der Waals surface area contributed by atoms with Crippen molar-refractivity contribution in [3.05, 3.63) is 70.0 Å². The summed E-state index contributed by atoms with van der Waals surface area (Å²) in [6.45, 7) is 0.0268.